The van der Waals surface area contributed by atoms with Crippen LogP contribution in [0.1, 0.15) is 16.8 Å². The molecule has 1 N–H and O–H groups in total. The zero-order valence-corrected chi connectivity index (χ0v) is 13.8. The molecule has 2 aliphatic heterocycles. The predicted molar refractivity (Wildman–Crippen MR) is 89.8 cm³/mol. The van der Waals surface area contributed by atoms with Crippen molar-refractivity contribution >= 4 is 11.9 Å². The van der Waals surface area contributed by atoms with Gasteiger partial charge in [-0.2, -0.15) is 10.2 Å². The van der Waals surface area contributed by atoms with Crippen molar-refractivity contribution in [1.82, 2.24) is 25.1 Å². The van der Waals surface area contributed by atoms with Crippen LogP contribution in [0.25, 0.3) is 0 Å². The van der Waals surface area contributed by atoms with Gasteiger partial charge in [-0.15, -0.1) is 0 Å². The third-order valence-electron chi connectivity index (χ3n) is 4.94. The Morgan fingerprint density at radius 3 is 2.96 bits per heavy atom. The number of piperidine rings is 1. The first-order valence-electron chi connectivity index (χ1n) is 8.50. The SMILES string of the molecule is O=C(c1ccnnc1)N1CC[C@@H]2[C@@H](CO[C@H]2CNc2ncccn2)C1. The van der Waals surface area contributed by atoms with Crippen LogP contribution >= 0.6 is 0 Å². The number of amides is 1. The van der Waals surface area contributed by atoms with Crippen LogP contribution in [0.15, 0.2) is 36.9 Å². The van der Waals surface area contributed by atoms with E-state index in [4.69, 9.17) is 4.74 Å². The fraction of sp³-hybridized carbons (Fsp3) is 0.471. The van der Waals surface area contributed by atoms with E-state index in [1.807, 2.05) is 4.90 Å². The molecule has 0 bridgehead atoms. The summed E-state index contributed by atoms with van der Waals surface area (Å²) in [6, 6.07) is 3.50. The van der Waals surface area contributed by atoms with Gasteiger partial charge >= 0.3 is 0 Å². The Kier molecular flexibility index (Phi) is 4.51. The molecule has 130 valence electrons. The van der Waals surface area contributed by atoms with E-state index in [2.05, 4.69) is 25.5 Å². The van der Waals surface area contributed by atoms with Gasteiger partial charge in [0.05, 0.1) is 30.7 Å². The third-order valence-corrected chi connectivity index (χ3v) is 4.94. The highest BCUT2D eigenvalue weighted by Crippen LogP contribution is 2.34. The predicted octanol–water partition coefficient (Wildman–Crippen LogP) is 0.856. The minimum absolute atomic E-state index is 0.0209. The number of nitrogens with one attached hydrogen (secondary N) is 1. The van der Waals surface area contributed by atoms with Crippen molar-refractivity contribution in [3.8, 4) is 0 Å². The highest BCUT2D eigenvalue weighted by atomic mass is 16.5. The van der Waals surface area contributed by atoms with Gasteiger partial charge in [-0.3, -0.25) is 4.79 Å². The summed E-state index contributed by atoms with van der Waals surface area (Å²) in [6.45, 7) is 2.84. The van der Waals surface area contributed by atoms with E-state index in [0.717, 1.165) is 19.5 Å². The quantitative estimate of drug-likeness (QED) is 0.882. The van der Waals surface area contributed by atoms with Crippen molar-refractivity contribution < 1.29 is 9.53 Å². The molecule has 0 saturated carbocycles. The van der Waals surface area contributed by atoms with Gasteiger partial charge in [0.15, 0.2) is 0 Å². The molecule has 2 aromatic rings. The summed E-state index contributed by atoms with van der Waals surface area (Å²) in [5.41, 5.74) is 0.590. The topological polar surface area (TPSA) is 93.1 Å². The first kappa shape index (κ1) is 15.9. The number of likely N-dealkylation sites (tertiary alicyclic amines) is 1. The van der Waals surface area contributed by atoms with Gasteiger partial charge in [0.25, 0.3) is 5.91 Å². The van der Waals surface area contributed by atoms with Gasteiger partial charge in [-0.1, -0.05) is 0 Å². The van der Waals surface area contributed by atoms with E-state index >= 15 is 0 Å². The molecular weight excluding hydrogens is 320 g/mol. The van der Waals surface area contributed by atoms with Crippen molar-refractivity contribution in [1.29, 1.82) is 0 Å². The number of aromatic nitrogens is 4. The van der Waals surface area contributed by atoms with Crippen molar-refractivity contribution in [2.75, 3.05) is 31.6 Å². The number of hydrogen-bond acceptors (Lipinski definition) is 7. The van der Waals surface area contributed by atoms with E-state index < -0.39 is 0 Å². The molecule has 0 spiro atoms. The van der Waals surface area contributed by atoms with Crippen LogP contribution in [0, 0.1) is 11.8 Å². The van der Waals surface area contributed by atoms with E-state index in [-0.39, 0.29) is 12.0 Å². The monoisotopic (exact) mass is 340 g/mol. The first-order chi connectivity index (χ1) is 12.3. The van der Waals surface area contributed by atoms with Crippen LogP contribution in [0.5, 0.6) is 0 Å². The summed E-state index contributed by atoms with van der Waals surface area (Å²) in [7, 11) is 0. The number of fused-ring (bicyclic) bond motifs is 1. The number of ether oxygens (including phenoxy) is 1. The van der Waals surface area contributed by atoms with Crippen LogP contribution in [0.2, 0.25) is 0 Å². The Bertz CT molecular complexity index is 714. The maximum Gasteiger partial charge on any atom is 0.255 e. The minimum Gasteiger partial charge on any atom is -0.376 e. The van der Waals surface area contributed by atoms with Crippen molar-refractivity contribution in [3.05, 3.63) is 42.5 Å². The van der Waals surface area contributed by atoms with Gasteiger partial charge in [0.2, 0.25) is 5.95 Å². The maximum atomic E-state index is 12.6. The Labute approximate surface area is 145 Å². The number of anilines is 1. The molecule has 8 heteroatoms. The molecule has 1 amide bonds. The van der Waals surface area contributed by atoms with Crippen molar-refractivity contribution in [2.24, 2.45) is 11.8 Å². The van der Waals surface area contributed by atoms with Crippen LogP contribution in [-0.2, 0) is 4.74 Å². The molecule has 2 aromatic heterocycles. The molecule has 0 aromatic carbocycles. The van der Waals surface area contributed by atoms with Gasteiger partial charge in [-0.25, -0.2) is 9.97 Å². The molecule has 4 heterocycles. The molecule has 25 heavy (non-hydrogen) atoms. The van der Waals surface area contributed by atoms with Crippen molar-refractivity contribution in [2.45, 2.75) is 12.5 Å². The zero-order chi connectivity index (χ0) is 17.1. The summed E-state index contributed by atoms with van der Waals surface area (Å²) >= 11 is 0. The van der Waals surface area contributed by atoms with Gasteiger partial charge in [0, 0.05) is 37.9 Å². The lowest BCUT2D eigenvalue weighted by Crippen LogP contribution is -2.45. The molecular formula is C17H20N6O2. The lowest BCUT2D eigenvalue weighted by Gasteiger charge is -2.35. The number of carbonyl (C=O) groups excluding carboxylic acids is 1. The smallest absolute Gasteiger partial charge is 0.255 e. The van der Waals surface area contributed by atoms with Crippen molar-refractivity contribution in [3.63, 3.8) is 0 Å². The number of nitrogens with zero attached hydrogens (tertiary/aromatic N) is 5. The molecule has 0 aliphatic carbocycles. The average molecular weight is 340 g/mol. The standard InChI is InChI=1S/C17H20N6O2/c24-16(12-2-6-21-22-8-12)23-7-3-14-13(10-23)11-25-15(14)9-20-17-18-4-1-5-19-17/h1-2,4-6,8,13-15H,3,7,9-11H2,(H,18,19,20)/t13-,14-,15+/m1/s1. The van der Waals surface area contributed by atoms with Crippen LogP contribution in [0.3, 0.4) is 0 Å². The first-order valence-corrected chi connectivity index (χ1v) is 8.50. The molecule has 2 saturated heterocycles. The normalized spacial score (nSPS) is 25.4. The number of hydrogen-bond donors (Lipinski definition) is 1. The summed E-state index contributed by atoms with van der Waals surface area (Å²) in [6.07, 6.45) is 7.57. The second-order valence-corrected chi connectivity index (χ2v) is 6.42. The average Bonchev–Trinajstić information content (AvgIpc) is 3.09. The Hall–Kier alpha value is -2.61. The summed E-state index contributed by atoms with van der Waals surface area (Å²) in [5, 5.41) is 10.8. The lowest BCUT2D eigenvalue weighted by atomic mass is 9.84. The van der Waals surface area contributed by atoms with E-state index in [9.17, 15) is 4.79 Å². The van der Waals surface area contributed by atoms with Crippen LogP contribution in [-0.4, -0.2) is 63.3 Å². The summed E-state index contributed by atoms with van der Waals surface area (Å²) in [4.78, 5) is 22.8. The Morgan fingerprint density at radius 2 is 2.16 bits per heavy atom. The van der Waals surface area contributed by atoms with E-state index in [0.29, 0.717) is 36.5 Å². The fourth-order valence-electron chi connectivity index (χ4n) is 3.66. The van der Waals surface area contributed by atoms with Gasteiger partial charge in [0.1, 0.15) is 0 Å². The highest BCUT2D eigenvalue weighted by molar-refractivity contribution is 5.93. The number of carbonyl (C=O) groups is 1. The Balaban J connectivity index is 1.34. The zero-order valence-electron chi connectivity index (χ0n) is 13.8. The van der Waals surface area contributed by atoms with Crippen LogP contribution in [0.4, 0.5) is 5.95 Å². The largest absolute Gasteiger partial charge is 0.376 e. The molecule has 0 unspecified atom stereocenters. The lowest BCUT2D eigenvalue weighted by molar-refractivity contribution is 0.0620. The molecule has 2 aliphatic rings. The van der Waals surface area contributed by atoms with E-state index in [1.54, 1.807) is 30.7 Å². The second-order valence-electron chi connectivity index (χ2n) is 6.42. The molecule has 0 radical (unpaired) electrons. The maximum absolute atomic E-state index is 12.6. The third kappa shape index (κ3) is 3.43. The van der Waals surface area contributed by atoms with E-state index in [1.165, 1.54) is 6.20 Å². The summed E-state index contributed by atoms with van der Waals surface area (Å²) in [5.74, 6) is 1.46. The summed E-state index contributed by atoms with van der Waals surface area (Å²) < 4.78 is 5.98. The van der Waals surface area contributed by atoms with Gasteiger partial charge in [-0.05, 0) is 24.5 Å². The van der Waals surface area contributed by atoms with Gasteiger partial charge < -0.3 is 15.0 Å². The molecule has 3 atom stereocenters. The second kappa shape index (κ2) is 7.10. The molecule has 4 rings (SSSR count). The number of rotatable bonds is 4. The fourth-order valence-corrected chi connectivity index (χ4v) is 3.66. The highest BCUT2D eigenvalue weighted by Gasteiger charge is 2.41. The Morgan fingerprint density at radius 1 is 1.28 bits per heavy atom. The van der Waals surface area contributed by atoms with Crippen LogP contribution < -0.4 is 5.32 Å². The molecule has 8 nitrogen and oxygen atoms in total. The molecule has 2 fully saturated rings. The minimum atomic E-state index is 0.0209.